The summed E-state index contributed by atoms with van der Waals surface area (Å²) < 4.78 is 12.7. The minimum atomic E-state index is 0.438. The Hall–Kier alpha value is -4.26. The van der Waals surface area contributed by atoms with E-state index < -0.39 is 0 Å². The first-order chi connectivity index (χ1) is 15.3. The summed E-state index contributed by atoms with van der Waals surface area (Å²) in [6, 6.07) is 25.4. The van der Waals surface area contributed by atoms with Crippen LogP contribution >= 0.6 is 0 Å². The summed E-state index contributed by atoms with van der Waals surface area (Å²) in [6.45, 7) is 0.521. The Morgan fingerprint density at radius 3 is 2.23 bits per heavy atom. The summed E-state index contributed by atoms with van der Waals surface area (Å²) in [6.07, 6.45) is 1.71. The van der Waals surface area contributed by atoms with Gasteiger partial charge in [0, 0.05) is 11.1 Å². The molecule has 0 radical (unpaired) electrons. The summed E-state index contributed by atoms with van der Waals surface area (Å²) in [7, 11) is 1.64. The molecule has 0 unspecified atom stereocenters. The molecule has 3 aromatic carbocycles. The average molecular weight is 409 g/mol. The molecule has 2 heterocycles. The van der Waals surface area contributed by atoms with Gasteiger partial charge in [0.15, 0.2) is 5.82 Å². The maximum Gasteiger partial charge on any atom is 0.272 e. The van der Waals surface area contributed by atoms with Crippen LogP contribution in [0.3, 0.4) is 0 Å². The van der Waals surface area contributed by atoms with E-state index in [-0.39, 0.29) is 0 Å². The number of nitrogens with zero attached hydrogens (tertiary/aromatic N) is 5. The quantitative estimate of drug-likeness (QED) is 0.413. The highest BCUT2D eigenvalue weighted by Gasteiger charge is 2.12. The van der Waals surface area contributed by atoms with Gasteiger partial charge in [0.25, 0.3) is 5.78 Å². The van der Waals surface area contributed by atoms with Crippen molar-refractivity contribution < 1.29 is 9.47 Å². The van der Waals surface area contributed by atoms with Gasteiger partial charge >= 0.3 is 0 Å². The van der Waals surface area contributed by atoms with Gasteiger partial charge in [0.2, 0.25) is 0 Å². The van der Waals surface area contributed by atoms with Gasteiger partial charge in [-0.3, -0.25) is 0 Å². The van der Waals surface area contributed by atoms with Crippen LogP contribution < -0.4 is 9.47 Å². The molecule has 0 fully saturated rings. The lowest BCUT2D eigenvalue weighted by Crippen LogP contribution is -1.99. The first-order valence-electron chi connectivity index (χ1n) is 9.80. The Morgan fingerprint density at radius 1 is 0.774 bits per heavy atom. The molecule has 0 aliphatic rings. The first-order valence-corrected chi connectivity index (χ1v) is 9.80. The van der Waals surface area contributed by atoms with Crippen molar-refractivity contribution >= 4 is 5.78 Å². The molecule has 152 valence electrons. The van der Waals surface area contributed by atoms with E-state index in [0.717, 1.165) is 33.9 Å². The van der Waals surface area contributed by atoms with Crippen LogP contribution in [0.15, 0.2) is 85.1 Å². The molecule has 0 amide bonds. The molecule has 2 aromatic heterocycles. The molecule has 7 nitrogen and oxygen atoms in total. The van der Waals surface area contributed by atoms with Crippen LogP contribution in [0.2, 0.25) is 0 Å². The fraction of sp³-hybridized carbons (Fsp3) is 0.0833. The number of methoxy groups -OCH3 is 1. The number of aromatic nitrogens is 5. The zero-order chi connectivity index (χ0) is 21.0. The summed E-state index contributed by atoms with van der Waals surface area (Å²) in [5.74, 6) is 2.64. The predicted octanol–water partition coefficient (Wildman–Crippen LogP) is 4.44. The zero-order valence-electron chi connectivity index (χ0n) is 16.8. The van der Waals surface area contributed by atoms with Crippen LogP contribution in [0.4, 0.5) is 0 Å². The molecule has 0 spiro atoms. The largest absolute Gasteiger partial charge is 0.497 e. The molecular weight excluding hydrogens is 390 g/mol. The predicted molar refractivity (Wildman–Crippen MR) is 117 cm³/mol. The molecule has 0 N–H and O–H groups in total. The summed E-state index contributed by atoms with van der Waals surface area (Å²) in [5.41, 5.74) is 3.66. The summed E-state index contributed by atoms with van der Waals surface area (Å²) in [5, 5.41) is 13.0. The van der Waals surface area contributed by atoms with Gasteiger partial charge in [-0.1, -0.05) is 30.3 Å². The molecule has 31 heavy (non-hydrogen) atoms. The van der Waals surface area contributed by atoms with Crippen LogP contribution in [0, 0.1) is 0 Å². The molecule has 0 saturated carbocycles. The van der Waals surface area contributed by atoms with E-state index in [1.807, 2.05) is 78.9 Å². The smallest absolute Gasteiger partial charge is 0.272 e. The first kappa shape index (κ1) is 18.7. The number of benzene rings is 3. The van der Waals surface area contributed by atoms with Crippen molar-refractivity contribution in [3.63, 3.8) is 0 Å². The minimum absolute atomic E-state index is 0.438. The standard InChI is InChI=1S/C24H19N5O2/c1-30-20-11-7-18(8-12-20)22-15-25-29-23(27-28-24(29)26-22)19-9-13-21(14-10-19)31-16-17-5-3-2-4-6-17/h2-15H,16H2,1H3. The van der Waals surface area contributed by atoms with Gasteiger partial charge in [0.1, 0.15) is 18.1 Å². The van der Waals surface area contributed by atoms with Crippen LogP contribution in [-0.4, -0.2) is 31.9 Å². The van der Waals surface area contributed by atoms with E-state index in [0.29, 0.717) is 18.2 Å². The number of fused-ring (bicyclic) bond motifs is 1. The third-order valence-corrected chi connectivity index (χ3v) is 4.89. The summed E-state index contributed by atoms with van der Waals surface area (Å²) >= 11 is 0. The molecule has 7 heteroatoms. The van der Waals surface area contributed by atoms with Gasteiger partial charge in [-0.05, 0) is 54.1 Å². The van der Waals surface area contributed by atoms with E-state index in [1.54, 1.807) is 17.8 Å². The van der Waals surface area contributed by atoms with Gasteiger partial charge < -0.3 is 9.47 Å². The molecule has 5 aromatic rings. The maximum absolute atomic E-state index is 5.85. The van der Waals surface area contributed by atoms with Gasteiger partial charge in [0.05, 0.1) is 19.0 Å². The van der Waals surface area contributed by atoms with Crippen LogP contribution in [-0.2, 0) is 6.61 Å². The lowest BCUT2D eigenvalue weighted by atomic mass is 10.1. The normalized spacial score (nSPS) is 10.9. The van der Waals surface area contributed by atoms with E-state index in [9.17, 15) is 0 Å². The molecular formula is C24H19N5O2. The minimum Gasteiger partial charge on any atom is -0.497 e. The van der Waals surface area contributed by atoms with Crippen molar-refractivity contribution in [2.45, 2.75) is 6.61 Å². The lowest BCUT2D eigenvalue weighted by Gasteiger charge is -2.07. The second-order valence-electron chi connectivity index (χ2n) is 6.90. The van der Waals surface area contributed by atoms with Gasteiger partial charge in [-0.25, -0.2) is 4.98 Å². The molecule has 5 rings (SSSR count). The third kappa shape index (κ3) is 3.93. The number of hydrogen-bond donors (Lipinski definition) is 0. The topological polar surface area (TPSA) is 74.4 Å². The fourth-order valence-corrected chi connectivity index (χ4v) is 3.22. The number of rotatable bonds is 6. The van der Waals surface area contributed by atoms with Crippen molar-refractivity contribution in [2.75, 3.05) is 7.11 Å². The Labute approximate surface area is 178 Å². The van der Waals surface area contributed by atoms with Crippen molar-refractivity contribution in [1.29, 1.82) is 0 Å². The highest BCUT2D eigenvalue weighted by molar-refractivity contribution is 5.63. The van der Waals surface area contributed by atoms with E-state index in [2.05, 4.69) is 20.3 Å². The highest BCUT2D eigenvalue weighted by atomic mass is 16.5. The molecule has 0 aliphatic heterocycles. The SMILES string of the molecule is COc1ccc(-c2cnn3c(-c4ccc(OCc5ccccc5)cc4)nnc3n2)cc1. The third-order valence-electron chi connectivity index (χ3n) is 4.89. The van der Waals surface area contributed by atoms with Crippen molar-refractivity contribution in [3.05, 3.63) is 90.6 Å². The Kier molecular flexibility index (Phi) is 4.98. The van der Waals surface area contributed by atoms with Gasteiger partial charge in [-0.15, -0.1) is 10.2 Å². The second kappa shape index (κ2) is 8.23. The van der Waals surface area contributed by atoms with Crippen molar-refractivity contribution in [2.24, 2.45) is 0 Å². The highest BCUT2D eigenvalue weighted by Crippen LogP contribution is 2.24. The number of hydrogen-bond acceptors (Lipinski definition) is 6. The Morgan fingerprint density at radius 2 is 1.48 bits per heavy atom. The van der Waals surface area contributed by atoms with Crippen LogP contribution in [0.25, 0.3) is 28.4 Å². The average Bonchev–Trinajstić information content (AvgIpc) is 3.27. The monoisotopic (exact) mass is 409 g/mol. The van der Waals surface area contributed by atoms with Crippen LogP contribution in [0.1, 0.15) is 5.56 Å². The molecule has 0 atom stereocenters. The van der Waals surface area contributed by atoms with E-state index in [1.165, 1.54) is 0 Å². The zero-order valence-corrected chi connectivity index (χ0v) is 16.8. The Bertz CT molecular complexity index is 1300. The van der Waals surface area contributed by atoms with E-state index in [4.69, 9.17) is 9.47 Å². The van der Waals surface area contributed by atoms with Crippen LogP contribution in [0.5, 0.6) is 11.5 Å². The van der Waals surface area contributed by atoms with Gasteiger partial charge in [-0.2, -0.15) is 9.61 Å². The lowest BCUT2D eigenvalue weighted by molar-refractivity contribution is 0.306. The second-order valence-corrected chi connectivity index (χ2v) is 6.90. The Balaban J connectivity index is 1.36. The molecule has 0 aliphatic carbocycles. The van der Waals surface area contributed by atoms with E-state index >= 15 is 0 Å². The molecule has 0 bridgehead atoms. The summed E-state index contributed by atoms with van der Waals surface area (Å²) in [4.78, 5) is 4.59. The fourth-order valence-electron chi connectivity index (χ4n) is 3.22. The van der Waals surface area contributed by atoms with Crippen molar-refractivity contribution in [1.82, 2.24) is 24.8 Å². The molecule has 0 saturated heterocycles. The van der Waals surface area contributed by atoms with Crippen molar-refractivity contribution in [3.8, 4) is 34.1 Å². The maximum atomic E-state index is 5.85. The number of ether oxygens (including phenoxy) is 2.